The Hall–Kier alpha value is -4.73. The second kappa shape index (κ2) is 10.4. The van der Waals surface area contributed by atoms with Gasteiger partial charge in [0.15, 0.2) is 5.16 Å². The van der Waals surface area contributed by atoms with Gasteiger partial charge in [0.2, 0.25) is 0 Å². The Kier molecular flexibility index (Phi) is 6.35. The van der Waals surface area contributed by atoms with Crippen molar-refractivity contribution in [2.24, 2.45) is 0 Å². The van der Waals surface area contributed by atoms with Crippen LogP contribution in [0.2, 0.25) is 0 Å². The van der Waals surface area contributed by atoms with Gasteiger partial charge in [-0.1, -0.05) is 121 Å². The van der Waals surface area contributed by atoms with Crippen LogP contribution in [0.3, 0.4) is 0 Å². The summed E-state index contributed by atoms with van der Waals surface area (Å²) < 4.78 is 0. The van der Waals surface area contributed by atoms with Crippen LogP contribution in [-0.2, 0) is 0 Å². The number of thioether (sulfide) groups is 1. The van der Waals surface area contributed by atoms with E-state index in [1.54, 1.807) is 11.8 Å². The molecule has 0 unspecified atom stereocenters. The molecule has 0 saturated carbocycles. The highest BCUT2D eigenvalue weighted by Crippen LogP contribution is 2.31. The van der Waals surface area contributed by atoms with Crippen LogP contribution in [-0.4, -0.2) is 16.2 Å². The summed E-state index contributed by atoms with van der Waals surface area (Å²) in [7, 11) is 0. The minimum atomic E-state index is 0.757. The summed E-state index contributed by atoms with van der Waals surface area (Å²) >= 11 is 1.56. The van der Waals surface area contributed by atoms with Crippen LogP contribution in [0.4, 0.5) is 0 Å². The summed E-state index contributed by atoms with van der Waals surface area (Å²) in [4.78, 5) is 9.63. The van der Waals surface area contributed by atoms with E-state index in [2.05, 4.69) is 140 Å². The van der Waals surface area contributed by atoms with Crippen molar-refractivity contribution >= 4 is 79.2 Å². The molecule has 1 aromatic heterocycles. The summed E-state index contributed by atoms with van der Waals surface area (Å²) in [5.41, 5.74) is 4.19. The standard InChI is InChI=1S/C37H26N2S/c1-40-37-38-29(18-20-35-31-14-6-2-10-25(31)22-26-11-3-7-15-32(26)35)24-30(39-37)19-21-36-33-16-8-4-12-27(33)23-28-13-5-9-17-34(28)36/h2-24H,1H3/b20-18+,21-19+. The third-order valence-electron chi connectivity index (χ3n) is 7.40. The quantitative estimate of drug-likeness (QED) is 0.126. The summed E-state index contributed by atoms with van der Waals surface area (Å²) in [5.74, 6) is 0. The van der Waals surface area contributed by atoms with Crippen molar-refractivity contribution in [3.63, 3.8) is 0 Å². The first kappa shape index (κ1) is 24.3. The molecule has 0 radical (unpaired) electrons. The lowest BCUT2D eigenvalue weighted by molar-refractivity contribution is 0.952. The topological polar surface area (TPSA) is 25.8 Å². The number of rotatable bonds is 5. The van der Waals surface area contributed by atoms with Crippen molar-refractivity contribution in [2.75, 3.05) is 6.26 Å². The van der Waals surface area contributed by atoms with Crippen LogP contribution in [0.25, 0.3) is 67.4 Å². The molecule has 0 amide bonds. The summed E-state index contributed by atoms with van der Waals surface area (Å²) in [6.07, 6.45) is 10.6. The monoisotopic (exact) mass is 530 g/mol. The fourth-order valence-corrected chi connectivity index (χ4v) is 5.91. The molecule has 0 saturated heterocycles. The second-order valence-electron chi connectivity index (χ2n) is 9.84. The zero-order valence-electron chi connectivity index (χ0n) is 22.1. The largest absolute Gasteiger partial charge is 0.223 e. The van der Waals surface area contributed by atoms with Gasteiger partial charge in [-0.25, -0.2) is 9.97 Å². The van der Waals surface area contributed by atoms with Crippen molar-refractivity contribution in [2.45, 2.75) is 5.16 Å². The summed E-state index contributed by atoms with van der Waals surface area (Å²) in [5, 5.41) is 10.6. The molecular formula is C37H26N2S. The van der Waals surface area contributed by atoms with Crippen LogP contribution in [0.1, 0.15) is 22.5 Å². The Morgan fingerprint density at radius 1 is 0.450 bits per heavy atom. The minimum Gasteiger partial charge on any atom is -0.223 e. The molecule has 0 bridgehead atoms. The predicted molar refractivity (Wildman–Crippen MR) is 175 cm³/mol. The number of nitrogens with zero attached hydrogens (tertiary/aromatic N) is 2. The fraction of sp³-hybridized carbons (Fsp3) is 0.0270. The molecule has 6 aromatic carbocycles. The van der Waals surface area contributed by atoms with E-state index in [1.165, 1.54) is 54.2 Å². The van der Waals surface area contributed by atoms with Crippen LogP contribution in [0, 0.1) is 0 Å². The lowest BCUT2D eigenvalue weighted by Gasteiger charge is -2.09. The van der Waals surface area contributed by atoms with Crippen LogP contribution in [0.15, 0.2) is 120 Å². The predicted octanol–water partition coefficient (Wildman–Crippen LogP) is 10.2. The Bertz CT molecular complexity index is 1850. The van der Waals surface area contributed by atoms with Gasteiger partial charge in [-0.2, -0.15) is 0 Å². The Balaban J connectivity index is 1.33. The molecule has 0 aliphatic carbocycles. The third kappa shape index (κ3) is 4.55. The Labute approximate surface area is 237 Å². The molecule has 2 nitrogen and oxygen atoms in total. The molecule has 7 aromatic rings. The number of hydrogen-bond donors (Lipinski definition) is 0. The smallest absolute Gasteiger partial charge is 0.188 e. The number of hydrogen-bond acceptors (Lipinski definition) is 3. The zero-order valence-corrected chi connectivity index (χ0v) is 22.9. The maximum absolute atomic E-state index is 4.81. The van der Waals surface area contributed by atoms with Gasteiger partial charge in [-0.15, -0.1) is 0 Å². The molecule has 0 N–H and O–H groups in total. The molecular weight excluding hydrogens is 504 g/mol. The van der Waals surface area contributed by atoms with Crippen LogP contribution in [0.5, 0.6) is 0 Å². The van der Waals surface area contributed by atoms with E-state index in [4.69, 9.17) is 9.97 Å². The van der Waals surface area contributed by atoms with Gasteiger partial charge in [0.05, 0.1) is 11.4 Å². The van der Waals surface area contributed by atoms with E-state index in [1.807, 2.05) is 6.26 Å². The number of aromatic nitrogens is 2. The van der Waals surface area contributed by atoms with Gasteiger partial charge in [0, 0.05) is 0 Å². The highest BCUT2D eigenvalue weighted by molar-refractivity contribution is 7.98. The number of fused-ring (bicyclic) bond motifs is 4. The van der Waals surface area contributed by atoms with Crippen LogP contribution < -0.4 is 0 Å². The lowest BCUT2D eigenvalue weighted by Crippen LogP contribution is -1.93. The average molecular weight is 531 g/mol. The Morgan fingerprint density at radius 2 is 0.800 bits per heavy atom. The molecule has 0 atom stereocenters. The van der Waals surface area contributed by atoms with Gasteiger partial charge < -0.3 is 0 Å². The average Bonchev–Trinajstić information content (AvgIpc) is 3.01. The first-order valence-corrected chi connectivity index (χ1v) is 14.6. The molecule has 40 heavy (non-hydrogen) atoms. The molecule has 0 aliphatic heterocycles. The van der Waals surface area contributed by atoms with Gasteiger partial charge in [0.25, 0.3) is 0 Å². The molecule has 0 fully saturated rings. The molecule has 3 heteroatoms. The molecule has 7 rings (SSSR count). The van der Waals surface area contributed by atoms with Gasteiger partial charge in [-0.05, 0) is 90.8 Å². The molecule has 1 heterocycles. The zero-order chi connectivity index (χ0) is 26.9. The van der Waals surface area contributed by atoms with E-state index in [9.17, 15) is 0 Å². The van der Waals surface area contributed by atoms with Crippen molar-refractivity contribution in [3.8, 4) is 0 Å². The van der Waals surface area contributed by atoms with E-state index in [-0.39, 0.29) is 0 Å². The summed E-state index contributed by atoms with van der Waals surface area (Å²) in [6.45, 7) is 0. The first-order chi connectivity index (χ1) is 19.8. The maximum atomic E-state index is 4.81. The summed E-state index contributed by atoms with van der Waals surface area (Å²) in [6, 6.07) is 40.8. The van der Waals surface area contributed by atoms with Crippen molar-refractivity contribution in [3.05, 3.63) is 138 Å². The van der Waals surface area contributed by atoms with Crippen molar-refractivity contribution in [1.29, 1.82) is 0 Å². The highest BCUT2D eigenvalue weighted by atomic mass is 32.2. The first-order valence-electron chi connectivity index (χ1n) is 13.4. The fourth-order valence-electron chi connectivity index (χ4n) is 5.52. The molecule has 0 spiro atoms. The van der Waals surface area contributed by atoms with Crippen LogP contribution >= 0.6 is 11.8 Å². The number of benzene rings is 6. The van der Waals surface area contributed by atoms with Crippen molar-refractivity contribution < 1.29 is 0 Å². The molecule has 0 aliphatic rings. The lowest BCUT2D eigenvalue weighted by atomic mass is 9.96. The van der Waals surface area contributed by atoms with Gasteiger partial charge in [-0.3, -0.25) is 0 Å². The van der Waals surface area contributed by atoms with Gasteiger partial charge >= 0.3 is 0 Å². The SMILES string of the molecule is CSc1nc(/C=C/c2c3ccccc3cc3ccccc23)cc(/C=C/c2c3ccccc3cc3ccccc23)n1. The van der Waals surface area contributed by atoms with E-state index < -0.39 is 0 Å². The van der Waals surface area contributed by atoms with E-state index in [0.717, 1.165) is 16.5 Å². The maximum Gasteiger partial charge on any atom is 0.188 e. The highest BCUT2D eigenvalue weighted by Gasteiger charge is 2.08. The third-order valence-corrected chi connectivity index (χ3v) is 7.94. The normalized spacial score (nSPS) is 12.0. The van der Waals surface area contributed by atoms with Gasteiger partial charge in [0.1, 0.15) is 0 Å². The van der Waals surface area contributed by atoms with Crippen molar-refractivity contribution in [1.82, 2.24) is 9.97 Å². The van der Waals surface area contributed by atoms with E-state index >= 15 is 0 Å². The second-order valence-corrected chi connectivity index (χ2v) is 10.6. The molecule has 190 valence electrons. The Morgan fingerprint density at radius 3 is 1.15 bits per heavy atom. The minimum absolute atomic E-state index is 0.757. The van der Waals surface area contributed by atoms with E-state index in [0.29, 0.717) is 0 Å².